The smallest absolute Gasteiger partial charge is 0.235 e. The maximum Gasteiger partial charge on any atom is 0.235 e. The number of thiazole rings is 1. The van der Waals surface area contributed by atoms with Crippen molar-refractivity contribution in [3.8, 4) is 5.88 Å². The molecule has 24 heavy (non-hydrogen) atoms. The van der Waals surface area contributed by atoms with Crippen molar-refractivity contribution in [3.05, 3.63) is 33.1 Å². The Kier molecular flexibility index (Phi) is 4.32. The van der Waals surface area contributed by atoms with Crippen LogP contribution in [0, 0.1) is 5.92 Å². The molecule has 4 heterocycles. The Balaban J connectivity index is 1.78. The molecule has 5 nitrogen and oxygen atoms in total. The van der Waals surface area contributed by atoms with E-state index in [1.165, 1.54) is 17.7 Å². The fourth-order valence-corrected chi connectivity index (χ4v) is 5.81. The van der Waals surface area contributed by atoms with Gasteiger partial charge in [0.25, 0.3) is 0 Å². The molecule has 1 unspecified atom stereocenters. The van der Waals surface area contributed by atoms with E-state index in [4.69, 9.17) is 0 Å². The van der Waals surface area contributed by atoms with Crippen LogP contribution in [0.5, 0.6) is 5.88 Å². The lowest BCUT2D eigenvalue weighted by atomic mass is 9.98. The zero-order valence-corrected chi connectivity index (χ0v) is 15.7. The van der Waals surface area contributed by atoms with E-state index < -0.39 is 0 Å². The SMILES string of the molecule is CCc1nc2sc([C@H](c3cccs3)[NH+]3CCC[C@H](C)C3)c(O)n2n1. The van der Waals surface area contributed by atoms with Gasteiger partial charge in [-0.2, -0.15) is 4.52 Å². The quantitative estimate of drug-likeness (QED) is 0.749. The van der Waals surface area contributed by atoms with Crippen molar-refractivity contribution in [2.75, 3.05) is 13.1 Å². The maximum absolute atomic E-state index is 10.8. The van der Waals surface area contributed by atoms with Crippen molar-refractivity contribution >= 4 is 27.6 Å². The average Bonchev–Trinajstić information content (AvgIpc) is 3.28. The second-order valence-electron chi connectivity index (χ2n) is 6.67. The second-order valence-corrected chi connectivity index (χ2v) is 8.66. The van der Waals surface area contributed by atoms with Gasteiger partial charge in [0.05, 0.1) is 18.0 Å². The van der Waals surface area contributed by atoms with Crippen LogP contribution in [0.25, 0.3) is 4.96 Å². The van der Waals surface area contributed by atoms with E-state index in [2.05, 4.69) is 34.5 Å². The van der Waals surface area contributed by atoms with Crippen molar-refractivity contribution < 1.29 is 10.0 Å². The number of rotatable bonds is 4. The Labute approximate surface area is 149 Å². The van der Waals surface area contributed by atoms with Crippen LogP contribution in [0.3, 0.4) is 0 Å². The molecule has 1 saturated heterocycles. The molecule has 1 fully saturated rings. The van der Waals surface area contributed by atoms with Gasteiger partial charge in [-0.1, -0.05) is 31.3 Å². The normalized spacial score (nSPS) is 22.9. The third-order valence-corrected chi connectivity index (χ3v) is 6.89. The molecule has 0 aliphatic carbocycles. The summed E-state index contributed by atoms with van der Waals surface area (Å²) in [5.41, 5.74) is 0. The number of quaternary nitrogens is 1. The number of aromatic hydroxyl groups is 1. The van der Waals surface area contributed by atoms with E-state index in [9.17, 15) is 5.11 Å². The van der Waals surface area contributed by atoms with E-state index >= 15 is 0 Å². The molecule has 1 aliphatic rings. The molecule has 0 radical (unpaired) electrons. The van der Waals surface area contributed by atoms with Crippen LogP contribution in [-0.4, -0.2) is 32.8 Å². The summed E-state index contributed by atoms with van der Waals surface area (Å²) in [6.45, 7) is 6.67. The van der Waals surface area contributed by atoms with E-state index in [1.54, 1.807) is 32.1 Å². The average molecular weight is 364 g/mol. The van der Waals surface area contributed by atoms with Crippen molar-refractivity contribution in [2.45, 2.75) is 39.2 Å². The van der Waals surface area contributed by atoms with Gasteiger partial charge in [0, 0.05) is 12.3 Å². The molecular weight excluding hydrogens is 340 g/mol. The molecule has 3 atom stereocenters. The van der Waals surface area contributed by atoms with E-state index in [0.717, 1.165) is 41.1 Å². The molecule has 0 amide bonds. The highest BCUT2D eigenvalue weighted by Crippen LogP contribution is 2.36. The molecule has 3 aromatic heterocycles. The van der Waals surface area contributed by atoms with Gasteiger partial charge in [-0.3, -0.25) is 0 Å². The van der Waals surface area contributed by atoms with Gasteiger partial charge < -0.3 is 10.0 Å². The summed E-state index contributed by atoms with van der Waals surface area (Å²) in [6.07, 6.45) is 3.34. The van der Waals surface area contributed by atoms with Gasteiger partial charge >= 0.3 is 0 Å². The van der Waals surface area contributed by atoms with Gasteiger partial charge in [-0.25, -0.2) is 4.98 Å². The minimum absolute atomic E-state index is 0.186. The highest BCUT2D eigenvalue weighted by atomic mass is 32.1. The minimum atomic E-state index is 0.186. The fraction of sp³-hybridized carbons (Fsp3) is 0.529. The second kappa shape index (κ2) is 6.46. The van der Waals surface area contributed by atoms with Crippen molar-refractivity contribution in [1.29, 1.82) is 0 Å². The van der Waals surface area contributed by atoms with E-state index in [-0.39, 0.29) is 11.9 Å². The first-order valence-corrected chi connectivity index (χ1v) is 10.3. The number of nitrogens with one attached hydrogen (secondary N) is 1. The number of fused-ring (bicyclic) bond motifs is 1. The van der Waals surface area contributed by atoms with Gasteiger partial charge in [0.2, 0.25) is 10.8 Å². The van der Waals surface area contributed by atoms with E-state index in [1.807, 2.05) is 6.92 Å². The monoisotopic (exact) mass is 363 g/mol. The van der Waals surface area contributed by atoms with Gasteiger partial charge in [0.1, 0.15) is 4.88 Å². The Morgan fingerprint density at radius 2 is 2.38 bits per heavy atom. The molecule has 3 aromatic rings. The Morgan fingerprint density at radius 3 is 3.04 bits per heavy atom. The first-order valence-electron chi connectivity index (χ1n) is 8.62. The zero-order chi connectivity index (χ0) is 16.7. The van der Waals surface area contributed by atoms with Gasteiger partial charge in [-0.15, -0.1) is 16.4 Å². The van der Waals surface area contributed by atoms with Crippen LogP contribution in [0.15, 0.2) is 17.5 Å². The summed E-state index contributed by atoms with van der Waals surface area (Å²) in [7, 11) is 0. The topological polar surface area (TPSA) is 54.9 Å². The number of aromatic nitrogens is 3. The lowest BCUT2D eigenvalue weighted by molar-refractivity contribution is -0.933. The third-order valence-electron chi connectivity index (χ3n) is 4.86. The number of hydrogen-bond acceptors (Lipinski definition) is 5. The summed E-state index contributed by atoms with van der Waals surface area (Å²) in [5.74, 6) is 1.79. The highest BCUT2D eigenvalue weighted by molar-refractivity contribution is 7.17. The summed E-state index contributed by atoms with van der Waals surface area (Å²) in [6, 6.07) is 4.48. The summed E-state index contributed by atoms with van der Waals surface area (Å²) in [4.78, 5) is 9.20. The minimum Gasteiger partial charge on any atom is -0.492 e. The summed E-state index contributed by atoms with van der Waals surface area (Å²) in [5, 5.41) is 17.4. The molecule has 0 saturated carbocycles. The fourth-order valence-electron chi connectivity index (χ4n) is 3.69. The van der Waals surface area contributed by atoms with Crippen LogP contribution < -0.4 is 4.90 Å². The van der Waals surface area contributed by atoms with Crippen molar-refractivity contribution in [2.24, 2.45) is 5.92 Å². The van der Waals surface area contributed by atoms with Gasteiger partial charge in [0.15, 0.2) is 11.9 Å². The molecule has 2 N–H and O–H groups in total. The lowest BCUT2D eigenvalue weighted by Gasteiger charge is -2.33. The lowest BCUT2D eigenvalue weighted by Crippen LogP contribution is -3.13. The molecule has 0 bridgehead atoms. The first kappa shape index (κ1) is 16.1. The Morgan fingerprint density at radius 1 is 1.50 bits per heavy atom. The Hall–Kier alpha value is -1.44. The molecule has 0 spiro atoms. The molecule has 7 heteroatoms. The molecule has 4 rings (SSSR count). The molecule has 128 valence electrons. The van der Waals surface area contributed by atoms with E-state index in [0.29, 0.717) is 0 Å². The first-order chi connectivity index (χ1) is 11.7. The number of likely N-dealkylation sites (tertiary alicyclic amines) is 1. The largest absolute Gasteiger partial charge is 0.492 e. The van der Waals surface area contributed by atoms with Crippen LogP contribution in [0.1, 0.15) is 48.3 Å². The number of nitrogens with zero attached hydrogens (tertiary/aromatic N) is 3. The van der Waals surface area contributed by atoms with Crippen LogP contribution in [-0.2, 0) is 6.42 Å². The highest BCUT2D eigenvalue weighted by Gasteiger charge is 2.35. The molecule has 1 aliphatic heterocycles. The van der Waals surface area contributed by atoms with Gasteiger partial charge in [-0.05, 0) is 24.3 Å². The third kappa shape index (κ3) is 2.74. The summed E-state index contributed by atoms with van der Waals surface area (Å²) >= 11 is 3.36. The molecule has 0 aromatic carbocycles. The van der Waals surface area contributed by atoms with Crippen molar-refractivity contribution in [1.82, 2.24) is 14.6 Å². The number of hydrogen-bond donors (Lipinski definition) is 2. The number of thiophene rings is 1. The summed E-state index contributed by atoms with van der Waals surface area (Å²) < 4.78 is 1.62. The van der Waals surface area contributed by atoms with Crippen LogP contribution in [0.2, 0.25) is 0 Å². The zero-order valence-electron chi connectivity index (χ0n) is 14.0. The number of aryl methyl sites for hydroxylation is 1. The predicted molar refractivity (Wildman–Crippen MR) is 97.2 cm³/mol. The molecular formula is C17H23N4OS2+. The predicted octanol–water partition coefficient (Wildman–Crippen LogP) is 2.52. The van der Waals surface area contributed by atoms with Crippen LogP contribution in [0.4, 0.5) is 0 Å². The Bertz CT molecular complexity index is 823. The van der Waals surface area contributed by atoms with Crippen LogP contribution >= 0.6 is 22.7 Å². The standard InChI is InChI=1S/C17H22N4OS2/c1-3-13-18-17-21(19-13)16(22)15(24-17)14(12-7-5-9-23-12)20-8-4-6-11(2)10-20/h5,7,9,11,14,22H,3-4,6,8,10H2,1-2H3/p+1/t11-,14-/m0/s1. The number of piperidine rings is 1. The van der Waals surface area contributed by atoms with Crippen molar-refractivity contribution in [3.63, 3.8) is 0 Å². The maximum atomic E-state index is 10.8.